The van der Waals surface area contributed by atoms with Gasteiger partial charge in [0.1, 0.15) is 0 Å². The molecule has 0 aliphatic carbocycles. The van der Waals surface area contributed by atoms with Gasteiger partial charge in [0.15, 0.2) is 5.96 Å². The summed E-state index contributed by atoms with van der Waals surface area (Å²) in [4.78, 5) is 6.58. The van der Waals surface area contributed by atoms with Gasteiger partial charge < -0.3 is 20.7 Å². The number of nitrogens with zero attached hydrogens (tertiary/aromatic N) is 2. The molecule has 1 saturated heterocycles. The van der Waals surface area contributed by atoms with Gasteiger partial charge in [0.2, 0.25) is 0 Å². The molecule has 0 amide bonds. The van der Waals surface area contributed by atoms with E-state index in [0.717, 1.165) is 25.3 Å². The summed E-state index contributed by atoms with van der Waals surface area (Å²) in [6.45, 7) is 5.09. The average molecular weight is 345 g/mol. The zero-order valence-electron chi connectivity index (χ0n) is 12.9. The standard InChI is InChI=1S/C15H22Cl2N4O/c1-10(13-4-3-11(16)7-14(13)17)20-15(18)19-8-12-9-21(2)5-6-22-12/h3-4,7,10,12H,5-6,8-9H2,1-2H3,(H3,18,19,20). The monoisotopic (exact) mass is 344 g/mol. The molecule has 2 unspecified atom stereocenters. The summed E-state index contributed by atoms with van der Waals surface area (Å²) in [5.74, 6) is 0.385. The molecule has 2 rings (SSSR count). The highest BCUT2D eigenvalue weighted by Gasteiger charge is 2.17. The number of aliphatic imine (C=N–C) groups is 1. The van der Waals surface area contributed by atoms with Crippen LogP contribution in [0.1, 0.15) is 18.5 Å². The predicted octanol–water partition coefficient (Wildman–Crippen LogP) is 2.29. The SMILES string of the molecule is CC(NC(N)=NCC1CN(C)CCO1)c1ccc(Cl)cc1Cl. The van der Waals surface area contributed by atoms with Gasteiger partial charge in [-0.15, -0.1) is 0 Å². The van der Waals surface area contributed by atoms with Gasteiger partial charge in [-0.3, -0.25) is 4.99 Å². The van der Waals surface area contributed by atoms with Crippen LogP contribution < -0.4 is 11.1 Å². The highest BCUT2D eigenvalue weighted by atomic mass is 35.5. The molecule has 1 heterocycles. The van der Waals surface area contributed by atoms with Gasteiger partial charge in [-0.2, -0.15) is 0 Å². The molecule has 1 aliphatic rings. The number of morpholine rings is 1. The van der Waals surface area contributed by atoms with Gasteiger partial charge in [0, 0.05) is 23.1 Å². The normalized spacial score (nSPS) is 21.6. The van der Waals surface area contributed by atoms with Crippen LogP contribution in [0.15, 0.2) is 23.2 Å². The van der Waals surface area contributed by atoms with E-state index in [1.807, 2.05) is 13.0 Å². The molecule has 3 N–H and O–H groups in total. The molecule has 1 aromatic rings. The third kappa shape index (κ3) is 5.02. The summed E-state index contributed by atoms with van der Waals surface area (Å²) < 4.78 is 5.65. The molecule has 0 saturated carbocycles. The highest BCUT2D eigenvalue weighted by Crippen LogP contribution is 2.25. The molecule has 1 aromatic carbocycles. The van der Waals surface area contributed by atoms with Crippen molar-refractivity contribution in [3.8, 4) is 0 Å². The second kappa shape index (κ2) is 8.02. The zero-order chi connectivity index (χ0) is 16.1. The van der Waals surface area contributed by atoms with Crippen LogP contribution >= 0.6 is 23.2 Å². The van der Waals surface area contributed by atoms with Crippen LogP contribution in [0.4, 0.5) is 0 Å². The van der Waals surface area contributed by atoms with Crippen LogP contribution in [0, 0.1) is 0 Å². The number of guanidine groups is 1. The Hall–Kier alpha value is -1.01. The van der Waals surface area contributed by atoms with Crippen LogP contribution in [0.25, 0.3) is 0 Å². The van der Waals surface area contributed by atoms with E-state index in [1.165, 1.54) is 0 Å². The van der Waals surface area contributed by atoms with Crippen LogP contribution in [0.3, 0.4) is 0 Å². The van der Waals surface area contributed by atoms with Crippen LogP contribution in [0.5, 0.6) is 0 Å². The van der Waals surface area contributed by atoms with E-state index in [4.69, 9.17) is 33.7 Å². The van der Waals surface area contributed by atoms with Gasteiger partial charge in [-0.1, -0.05) is 29.3 Å². The molecule has 0 radical (unpaired) electrons. The number of ether oxygens (including phenoxy) is 1. The van der Waals surface area contributed by atoms with Gasteiger partial charge in [0.05, 0.1) is 25.3 Å². The van der Waals surface area contributed by atoms with Crippen molar-refractivity contribution in [2.45, 2.75) is 19.1 Å². The Kier molecular flexibility index (Phi) is 6.32. The van der Waals surface area contributed by atoms with Crippen molar-refractivity contribution in [3.63, 3.8) is 0 Å². The minimum Gasteiger partial charge on any atom is -0.374 e. The highest BCUT2D eigenvalue weighted by molar-refractivity contribution is 6.35. The van der Waals surface area contributed by atoms with Gasteiger partial charge >= 0.3 is 0 Å². The molecule has 2 atom stereocenters. The minimum absolute atomic E-state index is 0.0523. The van der Waals surface area contributed by atoms with Crippen LogP contribution in [0.2, 0.25) is 10.0 Å². The lowest BCUT2D eigenvalue weighted by atomic mass is 10.1. The summed E-state index contributed by atoms with van der Waals surface area (Å²) in [6, 6.07) is 5.35. The van der Waals surface area contributed by atoms with Crippen molar-refractivity contribution >= 4 is 29.2 Å². The van der Waals surface area contributed by atoms with Crippen molar-refractivity contribution < 1.29 is 4.74 Å². The summed E-state index contributed by atoms with van der Waals surface area (Å²) >= 11 is 12.1. The van der Waals surface area contributed by atoms with E-state index < -0.39 is 0 Å². The molecule has 5 nitrogen and oxygen atoms in total. The Morgan fingerprint density at radius 2 is 2.32 bits per heavy atom. The molecule has 0 bridgehead atoms. The lowest BCUT2D eigenvalue weighted by molar-refractivity contribution is -0.0136. The first-order valence-corrected chi connectivity index (χ1v) is 8.03. The average Bonchev–Trinajstić information content (AvgIpc) is 2.45. The van der Waals surface area contributed by atoms with Gasteiger partial charge in [-0.25, -0.2) is 0 Å². The fraction of sp³-hybridized carbons (Fsp3) is 0.533. The first kappa shape index (κ1) is 17.3. The van der Waals surface area contributed by atoms with Crippen molar-refractivity contribution in [1.29, 1.82) is 0 Å². The molecule has 0 aromatic heterocycles. The largest absolute Gasteiger partial charge is 0.374 e. The maximum Gasteiger partial charge on any atom is 0.189 e. The van der Waals surface area contributed by atoms with E-state index in [2.05, 4.69) is 22.3 Å². The van der Waals surface area contributed by atoms with Crippen molar-refractivity contribution in [1.82, 2.24) is 10.2 Å². The fourth-order valence-corrected chi connectivity index (χ4v) is 2.95. The summed E-state index contributed by atoms with van der Waals surface area (Å²) in [7, 11) is 2.07. The van der Waals surface area contributed by atoms with E-state index in [1.54, 1.807) is 12.1 Å². The molecule has 7 heteroatoms. The lowest BCUT2D eigenvalue weighted by Crippen LogP contribution is -2.42. The number of nitrogens with one attached hydrogen (secondary N) is 1. The molecule has 122 valence electrons. The summed E-state index contributed by atoms with van der Waals surface area (Å²) in [5.41, 5.74) is 6.87. The predicted molar refractivity (Wildman–Crippen MR) is 91.7 cm³/mol. The van der Waals surface area contributed by atoms with Crippen molar-refractivity contribution in [3.05, 3.63) is 33.8 Å². The number of likely N-dealkylation sites (N-methyl/N-ethyl adjacent to an activating group) is 1. The maximum absolute atomic E-state index is 6.19. The number of rotatable bonds is 4. The number of nitrogens with two attached hydrogens (primary N) is 1. The van der Waals surface area contributed by atoms with E-state index in [0.29, 0.717) is 22.5 Å². The molecule has 1 aliphatic heterocycles. The fourth-order valence-electron chi connectivity index (χ4n) is 2.38. The first-order valence-electron chi connectivity index (χ1n) is 7.27. The zero-order valence-corrected chi connectivity index (χ0v) is 14.4. The third-order valence-corrected chi connectivity index (χ3v) is 4.16. The summed E-state index contributed by atoms with van der Waals surface area (Å²) in [5, 5.41) is 4.36. The van der Waals surface area contributed by atoms with Gasteiger partial charge in [0.25, 0.3) is 0 Å². The summed E-state index contributed by atoms with van der Waals surface area (Å²) in [6.07, 6.45) is 0.0912. The number of benzene rings is 1. The van der Waals surface area contributed by atoms with Crippen molar-refractivity contribution in [2.24, 2.45) is 10.7 Å². The molecular formula is C15H22Cl2N4O. The Morgan fingerprint density at radius 3 is 3.00 bits per heavy atom. The second-order valence-electron chi connectivity index (χ2n) is 5.51. The Balaban J connectivity index is 1.89. The quantitative estimate of drug-likeness (QED) is 0.649. The van der Waals surface area contributed by atoms with E-state index in [9.17, 15) is 0 Å². The second-order valence-corrected chi connectivity index (χ2v) is 6.36. The number of hydrogen-bond donors (Lipinski definition) is 2. The molecule has 1 fully saturated rings. The lowest BCUT2D eigenvalue weighted by Gasteiger charge is -2.29. The molecular weight excluding hydrogens is 323 g/mol. The third-order valence-electron chi connectivity index (χ3n) is 3.60. The van der Waals surface area contributed by atoms with Crippen LogP contribution in [-0.4, -0.2) is 50.3 Å². The van der Waals surface area contributed by atoms with E-state index in [-0.39, 0.29) is 12.1 Å². The Bertz CT molecular complexity index is 538. The Morgan fingerprint density at radius 1 is 1.55 bits per heavy atom. The number of hydrogen-bond acceptors (Lipinski definition) is 3. The minimum atomic E-state index is -0.0523. The van der Waals surface area contributed by atoms with Gasteiger partial charge in [-0.05, 0) is 31.7 Å². The maximum atomic E-state index is 6.19. The van der Waals surface area contributed by atoms with Crippen LogP contribution in [-0.2, 0) is 4.74 Å². The van der Waals surface area contributed by atoms with Crippen molar-refractivity contribution in [2.75, 3.05) is 33.3 Å². The molecule has 0 spiro atoms. The smallest absolute Gasteiger partial charge is 0.189 e. The first-order chi connectivity index (χ1) is 10.5. The topological polar surface area (TPSA) is 62.9 Å². The molecule has 22 heavy (non-hydrogen) atoms. The Labute approximate surface area is 141 Å². The number of halogens is 2. The van der Waals surface area contributed by atoms with E-state index >= 15 is 0 Å².